The molecule has 0 aliphatic carbocycles. The Bertz CT molecular complexity index is 135. The lowest BCUT2D eigenvalue weighted by Crippen LogP contribution is -2.46. The van der Waals surface area contributed by atoms with E-state index in [1.54, 1.807) is 0 Å². The van der Waals surface area contributed by atoms with Crippen molar-refractivity contribution in [3.05, 3.63) is 0 Å². The predicted molar refractivity (Wildman–Crippen MR) is 66.1 cm³/mol. The fourth-order valence-corrected chi connectivity index (χ4v) is 2.69. The van der Waals surface area contributed by atoms with Crippen LogP contribution in [0.25, 0.3) is 0 Å². The van der Waals surface area contributed by atoms with Gasteiger partial charge in [0.2, 0.25) is 0 Å². The molecule has 0 spiro atoms. The van der Waals surface area contributed by atoms with Crippen molar-refractivity contribution in [3.63, 3.8) is 0 Å². The highest BCUT2D eigenvalue weighted by atomic mass is 32.2. The molecule has 84 valence electrons. The highest BCUT2D eigenvalue weighted by molar-refractivity contribution is 7.99. The van der Waals surface area contributed by atoms with Gasteiger partial charge >= 0.3 is 0 Å². The highest BCUT2D eigenvalue weighted by Gasteiger charge is 2.14. The summed E-state index contributed by atoms with van der Waals surface area (Å²) in [5.74, 6) is 2.54. The van der Waals surface area contributed by atoms with Crippen molar-refractivity contribution in [2.24, 2.45) is 0 Å². The summed E-state index contributed by atoms with van der Waals surface area (Å²) in [7, 11) is 0. The van der Waals surface area contributed by atoms with Gasteiger partial charge in [-0.05, 0) is 44.2 Å². The van der Waals surface area contributed by atoms with Crippen molar-refractivity contribution in [3.8, 4) is 0 Å². The molecule has 0 aromatic carbocycles. The van der Waals surface area contributed by atoms with Gasteiger partial charge in [0.1, 0.15) is 0 Å². The normalized spacial score (nSPS) is 24.9. The van der Waals surface area contributed by atoms with Crippen LogP contribution in [0.15, 0.2) is 0 Å². The lowest BCUT2D eigenvalue weighted by molar-refractivity contribution is 0.355. The molecule has 1 aliphatic rings. The van der Waals surface area contributed by atoms with Crippen LogP contribution in [0, 0.1) is 0 Å². The summed E-state index contributed by atoms with van der Waals surface area (Å²) in [5.41, 5.74) is 0. The van der Waals surface area contributed by atoms with Gasteiger partial charge in [0, 0.05) is 18.6 Å². The maximum absolute atomic E-state index is 3.70. The average molecular weight is 216 g/mol. The molecule has 1 fully saturated rings. The molecule has 0 saturated carbocycles. The molecule has 0 radical (unpaired) electrons. The minimum atomic E-state index is 0.680. The van der Waals surface area contributed by atoms with E-state index in [2.05, 4.69) is 24.5 Å². The second-order valence-corrected chi connectivity index (χ2v) is 5.49. The third kappa shape index (κ3) is 5.23. The third-order valence-electron chi connectivity index (χ3n) is 2.72. The van der Waals surface area contributed by atoms with Crippen LogP contribution < -0.4 is 10.6 Å². The standard InChI is InChI=1S/C11H24N2S/c1-3-14-8-6-10(2)13-11-5-4-7-12-9-11/h10-13H,3-9H2,1-2H3. The van der Waals surface area contributed by atoms with Gasteiger partial charge in [-0.25, -0.2) is 0 Å². The molecule has 0 aromatic heterocycles. The van der Waals surface area contributed by atoms with Crippen molar-refractivity contribution in [1.82, 2.24) is 10.6 Å². The molecule has 14 heavy (non-hydrogen) atoms. The van der Waals surface area contributed by atoms with E-state index in [0.717, 1.165) is 6.54 Å². The van der Waals surface area contributed by atoms with Crippen LogP contribution in [-0.4, -0.2) is 36.7 Å². The number of rotatable bonds is 6. The van der Waals surface area contributed by atoms with Gasteiger partial charge in [-0.15, -0.1) is 0 Å². The first-order valence-electron chi connectivity index (χ1n) is 5.87. The summed E-state index contributed by atoms with van der Waals surface area (Å²) in [6, 6.07) is 1.39. The molecule has 2 unspecified atom stereocenters. The molecule has 1 heterocycles. The zero-order valence-electron chi connectivity index (χ0n) is 9.51. The fourth-order valence-electron chi connectivity index (χ4n) is 1.88. The number of hydrogen-bond donors (Lipinski definition) is 2. The van der Waals surface area contributed by atoms with Gasteiger partial charge < -0.3 is 10.6 Å². The SMILES string of the molecule is CCSCCC(C)NC1CCCNC1. The monoisotopic (exact) mass is 216 g/mol. The van der Waals surface area contributed by atoms with E-state index in [0.29, 0.717) is 12.1 Å². The minimum absolute atomic E-state index is 0.680. The summed E-state index contributed by atoms with van der Waals surface area (Å²) in [5, 5.41) is 7.14. The molecule has 2 N–H and O–H groups in total. The van der Waals surface area contributed by atoms with Gasteiger partial charge in [-0.1, -0.05) is 6.92 Å². The smallest absolute Gasteiger partial charge is 0.0195 e. The number of hydrogen-bond acceptors (Lipinski definition) is 3. The van der Waals surface area contributed by atoms with Gasteiger partial charge in [-0.3, -0.25) is 0 Å². The topological polar surface area (TPSA) is 24.1 Å². The third-order valence-corrected chi connectivity index (χ3v) is 3.65. The van der Waals surface area contributed by atoms with Gasteiger partial charge in [-0.2, -0.15) is 11.8 Å². The largest absolute Gasteiger partial charge is 0.315 e. The quantitative estimate of drug-likeness (QED) is 0.663. The second-order valence-electron chi connectivity index (χ2n) is 4.10. The van der Waals surface area contributed by atoms with E-state index in [1.807, 2.05) is 11.8 Å². The summed E-state index contributed by atoms with van der Waals surface area (Å²) in [4.78, 5) is 0. The van der Waals surface area contributed by atoms with Crippen LogP contribution >= 0.6 is 11.8 Å². The predicted octanol–water partition coefficient (Wildman–Crippen LogP) is 1.86. The highest BCUT2D eigenvalue weighted by Crippen LogP contribution is 2.07. The van der Waals surface area contributed by atoms with Crippen molar-refractivity contribution < 1.29 is 0 Å². The maximum Gasteiger partial charge on any atom is 0.0195 e. The van der Waals surface area contributed by atoms with Crippen LogP contribution in [0.1, 0.15) is 33.1 Å². The average Bonchev–Trinajstić information content (AvgIpc) is 2.20. The molecule has 0 bridgehead atoms. The summed E-state index contributed by atoms with van der Waals surface area (Å²) in [6.45, 7) is 6.90. The van der Waals surface area contributed by atoms with Crippen molar-refractivity contribution in [1.29, 1.82) is 0 Å². The Labute approximate surface area is 92.6 Å². The molecule has 2 nitrogen and oxygen atoms in total. The molecule has 3 heteroatoms. The van der Waals surface area contributed by atoms with E-state index >= 15 is 0 Å². The Morgan fingerprint density at radius 2 is 2.43 bits per heavy atom. The fraction of sp³-hybridized carbons (Fsp3) is 1.00. The molecule has 1 saturated heterocycles. The molecule has 2 atom stereocenters. The van der Waals surface area contributed by atoms with E-state index in [4.69, 9.17) is 0 Å². The zero-order valence-corrected chi connectivity index (χ0v) is 10.3. The van der Waals surface area contributed by atoms with Crippen molar-refractivity contribution >= 4 is 11.8 Å². The molecule has 1 rings (SSSR count). The van der Waals surface area contributed by atoms with E-state index < -0.39 is 0 Å². The Balaban J connectivity index is 2.03. The first-order chi connectivity index (χ1) is 6.83. The van der Waals surface area contributed by atoms with E-state index in [-0.39, 0.29) is 0 Å². The molecule has 0 amide bonds. The molecule has 1 aliphatic heterocycles. The van der Waals surface area contributed by atoms with Gasteiger partial charge in [0.15, 0.2) is 0 Å². The Hall–Kier alpha value is 0.270. The first kappa shape index (κ1) is 12.3. The second kappa shape index (κ2) is 7.55. The molecular weight excluding hydrogens is 192 g/mol. The van der Waals surface area contributed by atoms with Crippen LogP contribution in [-0.2, 0) is 0 Å². The summed E-state index contributed by atoms with van der Waals surface area (Å²) < 4.78 is 0. The number of nitrogens with one attached hydrogen (secondary N) is 2. The Kier molecular flexibility index (Phi) is 6.65. The van der Waals surface area contributed by atoms with Crippen molar-refractivity contribution in [2.75, 3.05) is 24.6 Å². The summed E-state index contributed by atoms with van der Waals surface area (Å²) in [6.07, 6.45) is 3.97. The van der Waals surface area contributed by atoms with Crippen molar-refractivity contribution in [2.45, 2.75) is 45.2 Å². The van der Waals surface area contributed by atoms with Gasteiger partial charge in [0.25, 0.3) is 0 Å². The number of thioether (sulfide) groups is 1. The van der Waals surface area contributed by atoms with E-state index in [9.17, 15) is 0 Å². The molecule has 0 aromatic rings. The molecular formula is C11H24N2S. The van der Waals surface area contributed by atoms with Crippen LogP contribution in [0.2, 0.25) is 0 Å². The Morgan fingerprint density at radius 1 is 1.57 bits per heavy atom. The van der Waals surface area contributed by atoms with E-state index in [1.165, 1.54) is 37.3 Å². The lowest BCUT2D eigenvalue weighted by atomic mass is 10.1. The zero-order chi connectivity index (χ0) is 10.2. The van der Waals surface area contributed by atoms with Crippen LogP contribution in [0.3, 0.4) is 0 Å². The van der Waals surface area contributed by atoms with Gasteiger partial charge in [0.05, 0.1) is 0 Å². The first-order valence-corrected chi connectivity index (χ1v) is 7.03. The maximum atomic E-state index is 3.70. The lowest BCUT2D eigenvalue weighted by Gasteiger charge is -2.27. The number of piperidine rings is 1. The Morgan fingerprint density at radius 3 is 3.07 bits per heavy atom. The summed E-state index contributed by atoms with van der Waals surface area (Å²) >= 11 is 2.04. The minimum Gasteiger partial charge on any atom is -0.315 e. The van der Waals surface area contributed by atoms with Crippen LogP contribution in [0.5, 0.6) is 0 Å². The van der Waals surface area contributed by atoms with Crippen LogP contribution in [0.4, 0.5) is 0 Å².